The first-order chi connectivity index (χ1) is 12.4. The molecule has 0 aliphatic rings. The van der Waals surface area contributed by atoms with Gasteiger partial charge in [0.25, 0.3) is 5.91 Å². The highest BCUT2D eigenvalue weighted by Crippen LogP contribution is 2.19. The molecule has 26 heavy (non-hydrogen) atoms. The van der Waals surface area contributed by atoms with Crippen LogP contribution in [0.5, 0.6) is 0 Å². The number of fused-ring (bicyclic) bond motifs is 1. The van der Waals surface area contributed by atoms with Crippen molar-refractivity contribution >= 4 is 40.7 Å². The quantitative estimate of drug-likeness (QED) is 0.331. The van der Waals surface area contributed by atoms with Crippen LogP contribution < -0.4 is 10.9 Å². The number of nitrogens with zero attached hydrogens (tertiary/aromatic N) is 4. The fourth-order valence-corrected chi connectivity index (χ4v) is 2.62. The van der Waals surface area contributed by atoms with Gasteiger partial charge in [-0.15, -0.1) is 0 Å². The number of carbonyl (C=O) groups excluding carboxylic acids is 1. The fraction of sp³-hybridized carbons (Fsp3) is 0.158. The van der Waals surface area contributed by atoms with E-state index in [1.54, 1.807) is 24.3 Å². The zero-order chi connectivity index (χ0) is 18.7. The third kappa shape index (κ3) is 4.22. The molecule has 0 aliphatic carbocycles. The van der Waals surface area contributed by atoms with Gasteiger partial charge in [0.2, 0.25) is 5.95 Å². The number of aliphatic imine (C=N–C) groups is 1. The minimum Gasteiger partial charge on any atom is -0.272 e. The van der Waals surface area contributed by atoms with Gasteiger partial charge in [-0.1, -0.05) is 35.4 Å². The molecular formula is C19H18ClN5O. The molecule has 7 heteroatoms. The van der Waals surface area contributed by atoms with Gasteiger partial charge in [0.1, 0.15) is 6.34 Å². The molecule has 132 valence electrons. The smallest absolute Gasteiger partial charge is 0.251 e. The third-order valence-corrected chi connectivity index (χ3v) is 4.11. The molecule has 0 saturated heterocycles. The van der Waals surface area contributed by atoms with E-state index in [1.807, 2.05) is 32.0 Å². The second-order valence-electron chi connectivity index (χ2n) is 5.98. The fourth-order valence-electron chi connectivity index (χ4n) is 2.50. The van der Waals surface area contributed by atoms with Crippen molar-refractivity contribution in [2.45, 2.75) is 20.3 Å². The van der Waals surface area contributed by atoms with Crippen molar-refractivity contribution in [2.75, 3.05) is 5.01 Å². The van der Waals surface area contributed by atoms with Gasteiger partial charge < -0.3 is 0 Å². The summed E-state index contributed by atoms with van der Waals surface area (Å²) in [6.45, 7) is 3.91. The number of hydrazine groups is 1. The Balaban J connectivity index is 1.74. The van der Waals surface area contributed by atoms with Crippen LogP contribution in [-0.2, 0) is 11.2 Å². The van der Waals surface area contributed by atoms with Crippen LogP contribution in [0.15, 0.2) is 47.5 Å². The third-order valence-electron chi connectivity index (χ3n) is 3.86. The predicted molar refractivity (Wildman–Crippen MR) is 104 cm³/mol. The summed E-state index contributed by atoms with van der Waals surface area (Å²) in [4.78, 5) is 24.7. The monoisotopic (exact) mass is 367 g/mol. The van der Waals surface area contributed by atoms with E-state index < -0.39 is 0 Å². The summed E-state index contributed by atoms with van der Waals surface area (Å²) < 4.78 is 0. The van der Waals surface area contributed by atoms with Crippen LogP contribution in [-0.4, -0.2) is 22.2 Å². The molecule has 2 N–H and O–H groups in total. The van der Waals surface area contributed by atoms with Crippen molar-refractivity contribution < 1.29 is 4.79 Å². The summed E-state index contributed by atoms with van der Waals surface area (Å²) >= 11 is 5.83. The molecular weight excluding hydrogens is 350 g/mol. The average Bonchev–Trinajstić information content (AvgIpc) is 2.62. The summed E-state index contributed by atoms with van der Waals surface area (Å²) in [5, 5.41) is 2.74. The Kier molecular flexibility index (Phi) is 5.25. The van der Waals surface area contributed by atoms with Gasteiger partial charge in [-0.3, -0.25) is 4.79 Å². The van der Waals surface area contributed by atoms with Gasteiger partial charge in [0, 0.05) is 10.4 Å². The molecule has 0 saturated carbocycles. The van der Waals surface area contributed by atoms with Gasteiger partial charge in [-0.25, -0.2) is 25.8 Å². The summed E-state index contributed by atoms with van der Waals surface area (Å²) in [5.41, 5.74) is 3.56. The number of rotatable bonds is 4. The largest absolute Gasteiger partial charge is 0.272 e. The molecule has 0 radical (unpaired) electrons. The lowest BCUT2D eigenvalue weighted by Crippen LogP contribution is -2.31. The highest BCUT2D eigenvalue weighted by molar-refractivity contribution is 6.30. The number of aromatic nitrogens is 2. The topological polar surface area (TPSA) is 84.5 Å². The van der Waals surface area contributed by atoms with Crippen molar-refractivity contribution in [1.82, 2.24) is 9.97 Å². The molecule has 0 aliphatic heterocycles. The lowest BCUT2D eigenvalue weighted by molar-refractivity contribution is -0.117. The molecule has 0 spiro atoms. The highest BCUT2D eigenvalue weighted by atomic mass is 35.5. The van der Waals surface area contributed by atoms with Gasteiger partial charge in [0.15, 0.2) is 0 Å². The molecule has 2 aromatic carbocycles. The van der Waals surface area contributed by atoms with E-state index in [2.05, 4.69) is 15.0 Å². The minimum absolute atomic E-state index is 0.165. The SMILES string of the molecule is Cc1ccc2nc(N(N)C=NC(=O)Cc3ccc(Cl)cc3)nc(C)c2c1. The van der Waals surface area contributed by atoms with E-state index in [9.17, 15) is 4.79 Å². The van der Waals surface area contributed by atoms with Crippen LogP contribution in [0.1, 0.15) is 16.8 Å². The number of benzene rings is 2. The highest BCUT2D eigenvalue weighted by Gasteiger charge is 2.09. The Labute approximate surface area is 156 Å². The summed E-state index contributed by atoms with van der Waals surface area (Å²) in [6, 6.07) is 13.0. The molecule has 0 bridgehead atoms. The normalized spacial score (nSPS) is 11.2. The summed E-state index contributed by atoms with van der Waals surface area (Å²) in [6.07, 6.45) is 1.39. The first kappa shape index (κ1) is 18.0. The van der Waals surface area contributed by atoms with Gasteiger partial charge in [-0.2, -0.15) is 0 Å². The minimum atomic E-state index is -0.323. The number of halogens is 1. The second-order valence-corrected chi connectivity index (χ2v) is 6.41. The van der Waals surface area contributed by atoms with E-state index in [-0.39, 0.29) is 18.3 Å². The van der Waals surface area contributed by atoms with Crippen LogP contribution in [0.4, 0.5) is 5.95 Å². The van der Waals surface area contributed by atoms with E-state index in [0.717, 1.165) is 32.7 Å². The van der Waals surface area contributed by atoms with Crippen LogP contribution in [0.25, 0.3) is 10.9 Å². The molecule has 0 atom stereocenters. The van der Waals surface area contributed by atoms with E-state index in [0.29, 0.717) is 5.02 Å². The predicted octanol–water partition coefficient (Wildman–Crippen LogP) is 3.38. The molecule has 6 nitrogen and oxygen atoms in total. The van der Waals surface area contributed by atoms with Crippen LogP contribution in [0.2, 0.25) is 5.02 Å². The van der Waals surface area contributed by atoms with Crippen molar-refractivity contribution in [2.24, 2.45) is 10.8 Å². The number of hydrogen-bond acceptors (Lipinski definition) is 4. The number of carbonyl (C=O) groups is 1. The number of anilines is 1. The molecule has 3 rings (SSSR count). The first-order valence-electron chi connectivity index (χ1n) is 8.03. The van der Waals surface area contributed by atoms with Crippen LogP contribution in [0.3, 0.4) is 0 Å². The van der Waals surface area contributed by atoms with Crippen molar-refractivity contribution in [1.29, 1.82) is 0 Å². The maximum atomic E-state index is 12.0. The van der Waals surface area contributed by atoms with Gasteiger partial charge in [-0.05, 0) is 43.7 Å². The maximum Gasteiger partial charge on any atom is 0.251 e. The maximum absolute atomic E-state index is 12.0. The van der Waals surface area contributed by atoms with Gasteiger partial charge in [0.05, 0.1) is 17.6 Å². The van der Waals surface area contributed by atoms with Crippen LogP contribution in [0, 0.1) is 13.8 Å². The molecule has 0 unspecified atom stereocenters. The lowest BCUT2D eigenvalue weighted by atomic mass is 10.1. The summed E-state index contributed by atoms with van der Waals surface area (Å²) in [5.74, 6) is 5.89. The Hall–Kier alpha value is -2.83. The van der Waals surface area contributed by atoms with Crippen molar-refractivity contribution in [3.63, 3.8) is 0 Å². The molecule has 1 aromatic heterocycles. The Bertz CT molecular complexity index is 985. The molecule has 0 fully saturated rings. The lowest BCUT2D eigenvalue weighted by Gasteiger charge is -2.12. The Morgan fingerprint density at radius 1 is 1.19 bits per heavy atom. The number of amides is 1. The zero-order valence-electron chi connectivity index (χ0n) is 14.5. The van der Waals surface area contributed by atoms with Crippen molar-refractivity contribution in [3.8, 4) is 0 Å². The van der Waals surface area contributed by atoms with Gasteiger partial charge >= 0.3 is 0 Å². The second kappa shape index (κ2) is 7.59. The standard InChI is InChI=1S/C19H18ClN5O/c1-12-3-8-17-16(9-12)13(2)23-19(24-17)25(21)11-22-18(26)10-14-4-6-15(20)7-5-14/h3-9,11H,10,21H2,1-2H3. The van der Waals surface area contributed by atoms with Crippen LogP contribution >= 0.6 is 11.6 Å². The first-order valence-corrected chi connectivity index (χ1v) is 8.40. The average molecular weight is 368 g/mol. The molecule has 1 amide bonds. The van der Waals surface area contributed by atoms with Crippen molar-refractivity contribution in [3.05, 3.63) is 64.3 Å². The van der Waals surface area contributed by atoms with E-state index >= 15 is 0 Å². The number of nitrogens with two attached hydrogens (primary N) is 1. The zero-order valence-corrected chi connectivity index (χ0v) is 15.2. The Morgan fingerprint density at radius 3 is 2.65 bits per heavy atom. The molecule has 3 aromatic rings. The Morgan fingerprint density at radius 2 is 1.92 bits per heavy atom. The summed E-state index contributed by atoms with van der Waals surface area (Å²) in [7, 11) is 0. The molecule has 1 heterocycles. The van der Waals surface area contributed by atoms with E-state index in [4.69, 9.17) is 17.4 Å². The number of aryl methyl sites for hydroxylation is 2. The number of hydrogen-bond donors (Lipinski definition) is 1. The van der Waals surface area contributed by atoms with E-state index in [1.165, 1.54) is 6.34 Å².